The highest BCUT2D eigenvalue weighted by atomic mass is 16.5. The van der Waals surface area contributed by atoms with Gasteiger partial charge in [-0.25, -0.2) is 9.78 Å². The first-order valence-corrected chi connectivity index (χ1v) is 8.14. The summed E-state index contributed by atoms with van der Waals surface area (Å²) in [5, 5.41) is 4.31. The molecule has 1 aliphatic rings. The molecule has 0 saturated carbocycles. The number of ether oxygens (including phenoxy) is 2. The first-order valence-electron chi connectivity index (χ1n) is 8.14. The van der Waals surface area contributed by atoms with E-state index < -0.39 is 0 Å². The second kappa shape index (κ2) is 7.44. The lowest BCUT2D eigenvalue weighted by molar-refractivity contribution is 0.0271. The van der Waals surface area contributed by atoms with E-state index in [1.54, 1.807) is 19.2 Å². The lowest BCUT2D eigenvalue weighted by atomic mass is 10.2. The molecule has 1 fully saturated rings. The second-order valence-corrected chi connectivity index (χ2v) is 5.80. The number of morpholine rings is 1. The monoisotopic (exact) mass is 330 g/mol. The summed E-state index contributed by atoms with van der Waals surface area (Å²) in [6.07, 6.45) is 5.48. The average Bonchev–Trinajstić information content (AvgIpc) is 3.00. The molecule has 0 aliphatic carbocycles. The standard InChI is InChI=1S/C17H22N4O3/c1-3-23-17(22)14-4-5-16(18-9-14)20-6-7-24-15(11-20)12-21-10-13(2)8-19-21/h4-5,8-10,15H,3,6-7,11-12H2,1-2H3. The molecule has 0 amide bonds. The Labute approximate surface area is 141 Å². The molecular formula is C17H22N4O3. The smallest absolute Gasteiger partial charge is 0.339 e. The number of esters is 1. The van der Waals surface area contributed by atoms with Crippen molar-refractivity contribution in [2.45, 2.75) is 26.5 Å². The van der Waals surface area contributed by atoms with E-state index in [0.29, 0.717) is 25.3 Å². The predicted molar refractivity (Wildman–Crippen MR) is 89.1 cm³/mol. The number of aromatic nitrogens is 3. The van der Waals surface area contributed by atoms with Crippen LogP contribution in [-0.4, -0.2) is 53.1 Å². The Morgan fingerprint density at radius 1 is 1.42 bits per heavy atom. The van der Waals surface area contributed by atoms with E-state index in [2.05, 4.69) is 15.0 Å². The maximum Gasteiger partial charge on any atom is 0.339 e. The molecule has 3 heterocycles. The highest BCUT2D eigenvalue weighted by Gasteiger charge is 2.22. The summed E-state index contributed by atoms with van der Waals surface area (Å²) >= 11 is 0. The van der Waals surface area contributed by atoms with E-state index in [4.69, 9.17) is 9.47 Å². The maximum atomic E-state index is 11.7. The van der Waals surface area contributed by atoms with Crippen molar-refractivity contribution in [3.05, 3.63) is 41.9 Å². The van der Waals surface area contributed by atoms with E-state index in [1.165, 1.54) is 0 Å². The van der Waals surface area contributed by atoms with Crippen LogP contribution in [0.5, 0.6) is 0 Å². The number of hydrogen-bond donors (Lipinski definition) is 0. The minimum absolute atomic E-state index is 0.0598. The van der Waals surface area contributed by atoms with Crippen molar-refractivity contribution in [3.8, 4) is 0 Å². The van der Waals surface area contributed by atoms with Crippen LogP contribution >= 0.6 is 0 Å². The van der Waals surface area contributed by atoms with Crippen LogP contribution in [0.4, 0.5) is 5.82 Å². The van der Waals surface area contributed by atoms with Crippen molar-refractivity contribution in [1.82, 2.24) is 14.8 Å². The van der Waals surface area contributed by atoms with E-state index in [9.17, 15) is 4.79 Å². The third-order valence-corrected chi connectivity index (χ3v) is 3.87. The minimum atomic E-state index is -0.342. The molecule has 1 atom stereocenters. The molecule has 1 unspecified atom stereocenters. The SMILES string of the molecule is CCOC(=O)c1ccc(N2CCOC(Cn3cc(C)cn3)C2)nc1. The zero-order valence-corrected chi connectivity index (χ0v) is 14.0. The van der Waals surface area contributed by atoms with E-state index in [0.717, 1.165) is 24.5 Å². The number of aryl methyl sites for hydroxylation is 1. The first kappa shape index (κ1) is 16.4. The summed E-state index contributed by atoms with van der Waals surface area (Å²) in [5.74, 6) is 0.499. The van der Waals surface area contributed by atoms with Gasteiger partial charge in [-0.3, -0.25) is 4.68 Å². The Kier molecular flexibility index (Phi) is 5.10. The topological polar surface area (TPSA) is 69.5 Å². The van der Waals surface area contributed by atoms with E-state index in [1.807, 2.05) is 30.1 Å². The molecule has 1 saturated heterocycles. The van der Waals surface area contributed by atoms with Crippen LogP contribution in [0.25, 0.3) is 0 Å². The second-order valence-electron chi connectivity index (χ2n) is 5.80. The van der Waals surface area contributed by atoms with Gasteiger partial charge in [0.25, 0.3) is 0 Å². The van der Waals surface area contributed by atoms with Gasteiger partial charge < -0.3 is 14.4 Å². The van der Waals surface area contributed by atoms with Crippen molar-refractivity contribution < 1.29 is 14.3 Å². The Bertz CT molecular complexity index is 683. The molecule has 2 aromatic heterocycles. The minimum Gasteiger partial charge on any atom is -0.462 e. The van der Waals surface area contributed by atoms with E-state index >= 15 is 0 Å². The lowest BCUT2D eigenvalue weighted by Gasteiger charge is -2.33. The van der Waals surface area contributed by atoms with Gasteiger partial charge in [0.05, 0.1) is 37.6 Å². The van der Waals surface area contributed by atoms with Gasteiger partial charge in [-0.15, -0.1) is 0 Å². The molecule has 0 N–H and O–H groups in total. The third-order valence-electron chi connectivity index (χ3n) is 3.87. The summed E-state index contributed by atoms with van der Waals surface area (Å²) in [7, 11) is 0. The quantitative estimate of drug-likeness (QED) is 0.777. The Morgan fingerprint density at radius 2 is 2.29 bits per heavy atom. The summed E-state index contributed by atoms with van der Waals surface area (Å²) in [6.45, 7) is 7.04. The third kappa shape index (κ3) is 3.91. The number of rotatable bonds is 5. The molecule has 3 rings (SSSR count). The van der Waals surface area contributed by atoms with Gasteiger partial charge in [0, 0.05) is 25.5 Å². The van der Waals surface area contributed by atoms with Gasteiger partial charge >= 0.3 is 5.97 Å². The van der Waals surface area contributed by atoms with Gasteiger partial charge in [-0.05, 0) is 31.5 Å². The molecule has 1 aliphatic heterocycles. The number of pyridine rings is 1. The van der Waals surface area contributed by atoms with Gasteiger partial charge in [0.1, 0.15) is 5.82 Å². The molecule has 0 bridgehead atoms. The molecule has 0 spiro atoms. The number of hydrogen-bond acceptors (Lipinski definition) is 6. The Morgan fingerprint density at radius 3 is 2.96 bits per heavy atom. The highest BCUT2D eigenvalue weighted by Crippen LogP contribution is 2.17. The average molecular weight is 330 g/mol. The molecule has 7 nitrogen and oxygen atoms in total. The van der Waals surface area contributed by atoms with Crippen LogP contribution in [0.2, 0.25) is 0 Å². The van der Waals surface area contributed by atoms with Gasteiger partial charge in [0.2, 0.25) is 0 Å². The molecule has 2 aromatic rings. The summed E-state index contributed by atoms with van der Waals surface area (Å²) in [6, 6.07) is 3.61. The van der Waals surface area contributed by atoms with Crippen LogP contribution in [-0.2, 0) is 16.0 Å². The maximum absolute atomic E-state index is 11.7. The number of carbonyl (C=O) groups is 1. The Balaban J connectivity index is 1.62. The summed E-state index contributed by atoms with van der Waals surface area (Å²) in [4.78, 5) is 18.2. The Hall–Kier alpha value is -2.41. The molecule has 128 valence electrons. The summed E-state index contributed by atoms with van der Waals surface area (Å²) in [5.41, 5.74) is 1.61. The fraction of sp³-hybridized carbons (Fsp3) is 0.471. The fourth-order valence-corrected chi connectivity index (χ4v) is 2.72. The lowest BCUT2D eigenvalue weighted by Crippen LogP contribution is -2.44. The van der Waals surface area contributed by atoms with Crippen molar-refractivity contribution in [3.63, 3.8) is 0 Å². The van der Waals surface area contributed by atoms with Crippen molar-refractivity contribution in [1.29, 1.82) is 0 Å². The first-order chi connectivity index (χ1) is 11.7. The zero-order chi connectivity index (χ0) is 16.9. The van der Waals surface area contributed by atoms with Crippen LogP contribution in [0.3, 0.4) is 0 Å². The van der Waals surface area contributed by atoms with Crippen LogP contribution in [0.1, 0.15) is 22.8 Å². The zero-order valence-electron chi connectivity index (χ0n) is 14.0. The van der Waals surface area contributed by atoms with E-state index in [-0.39, 0.29) is 12.1 Å². The summed E-state index contributed by atoms with van der Waals surface area (Å²) < 4.78 is 12.7. The number of carbonyl (C=O) groups excluding carboxylic acids is 1. The van der Waals surface area contributed by atoms with Crippen LogP contribution in [0.15, 0.2) is 30.7 Å². The van der Waals surface area contributed by atoms with Gasteiger partial charge in [-0.2, -0.15) is 5.10 Å². The predicted octanol–water partition coefficient (Wildman–Crippen LogP) is 1.67. The molecule has 24 heavy (non-hydrogen) atoms. The highest BCUT2D eigenvalue weighted by molar-refractivity contribution is 5.89. The van der Waals surface area contributed by atoms with Gasteiger partial charge in [-0.1, -0.05) is 0 Å². The van der Waals surface area contributed by atoms with Crippen molar-refractivity contribution in [2.75, 3.05) is 31.2 Å². The van der Waals surface area contributed by atoms with Gasteiger partial charge in [0.15, 0.2) is 0 Å². The van der Waals surface area contributed by atoms with Crippen molar-refractivity contribution >= 4 is 11.8 Å². The molecule has 0 aromatic carbocycles. The number of anilines is 1. The number of nitrogens with zero attached hydrogens (tertiary/aromatic N) is 4. The molecule has 7 heteroatoms. The van der Waals surface area contributed by atoms with Crippen LogP contribution in [0, 0.1) is 6.92 Å². The molecular weight excluding hydrogens is 308 g/mol. The van der Waals surface area contributed by atoms with Crippen molar-refractivity contribution in [2.24, 2.45) is 0 Å². The normalized spacial score (nSPS) is 17.8. The fourth-order valence-electron chi connectivity index (χ4n) is 2.72. The molecule has 0 radical (unpaired) electrons. The largest absolute Gasteiger partial charge is 0.462 e. The van der Waals surface area contributed by atoms with Crippen LogP contribution < -0.4 is 4.90 Å².